The number of carbonyl (C=O) groups is 2. The highest BCUT2D eigenvalue weighted by Crippen LogP contribution is 2.19. The molecule has 1 amide bonds. The van der Waals surface area contributed by atoms with E-state index in [2.05, 4.69) is 6.92 Å². The van der Waals surface area contributed by atoms with E-state index in [1.807, 2.05) is 0 Å². The van der Waals surface area contributed by atoms with Crippen molar-refractivity contribution < 1.29 is 14.7 Å². The molecule has 4 heteroatoms. The van der Waals surface area contributed by atoms with Gasteiger partial charge in [-0.1, -0.05) is 58.3 Å². The van der Waals surface area contributed by atoms with Gasteiger partial charge in [-0.15, -0.1) is 0 Å². The third kappa shape index (κ3) is 7.28. The molecule has 1 heterocycles. The summed E-state index contributed by atoms with van der Waals surface area (Å²) in [4.78, 5) is 25.0. The van der Waals surface area contributed by atoms with Crippen LogP contribution in [0.15, 0.2) is 0 Å². The smallest absolute Gasteiger partial charge is 0.326 e. The average molecular weight is 311 g/mol. The molecule has 0 radical (unpaired) electrons. The molecular weight excluding hydrogens is 278 g/mol. The van der Waals surface area contributed by atoms with E-state index in [0.717, 1.165) is 25.7 Å². The van der Waals surface area contributed by atoms with Gasteiger partial charge >= 0.3 is 5.97 Å². The van der Waals surface area contributed by atoms with Gasteiger partial charge in [-0.25, -0.2) is 4.79 Å². The summed E-state index contributed by atoms with van der Waals surface area (Å²) < 4.78 is 0. The number of piperidine rings is 1. The SMILES string of the molecule is CCCCCCCCCCCC(=O)N1CCCCC1C(=O)O. The van der Waals surface area contributed by atoms with Crippen molar-refractivity contribution >= 4 is 11.9 Å². The number of likely N-dealkylation sites (tertiary alicyclic amines) is 1. The molecule has 1 N–H and O–H groups in total. The van der Waals surface area contributed by atoms with Crippen LogP contribution in [0.3, 0.4) is 0 Å². The summed E-state index contributed by atoms with van der Waals surface area (Å²) in [7, 11) is 0. The predicted molar refractivity (Wildman–Crippen MR) is 88.8 cm³/mol. The van der Waals surface area contributed by atoms with Crippen molar-refractivity contribution in [2.24, 2.45) is 0 Å². The summed E-state index contributed by atoms with van der Waals surface area (Å²) in [5, 5.41) is 9.19. The summed E-state index contributed by atoms with van der Waals surface area (Å²) in [6.45, 7) is 2.85. The molecule has 0 spiro atoms. The minimum atomic E-state index is -0.847. The van der Waals surface area contributed by atoms with Gasteiger partial charge < -0.3 is 10.0 Å². The third-order valence-electron chi connectivity index (χ3n) is 4.60. The highest BCUT2D eigenvalue weighted by Gasteiger charge is 2.31. The molecule has 0 saturated carbocycles. The summed E-state index contributed by atoms with van der Waals surface area (Å²) in [6, 6.07) is -0.584. The summed E-state index contributed by atoms with van der Waals surface area (Å²) in [6.07, 6.45) is 14.0. The molecule has 1 aliphatic heterocycles. The van der Waals surface area contributed by atoms with Crippen molar-refractivity contribution in [3.8, 4) is 0 Å². The molecule has 0 aromatic heterocycles. The highest BCUT2D eigenvalue weighted by molar-refractivity contribution is 5.83. The molecule has 0 aromatic rings. The number of hydrogen-bond donors (Lipinski definition) is 1. The van der Waals surface area contributed by atoms with Crippen LogP contribution in [0.2, 0.25) is 0 Å². The lowest BCUT2D eigenvalue weighted by molar-refractivity contribution is -0.152. The average Bonchev–Trinajstić information content (AvgIpc) is 2.53. The maximum Gasteiger partial charge on any atom is 0.326 e. The molecule has 1 fully saturated rings. The number of hydrogen-bond acceptors (Lipinski definition) is 2. The number of unbranched alkanes of at least 4 members (excludes halogenated alkanes) is 8. The molecule has 0 aromatic carbocycles. The van der Waals surface area contributed by atoms with Crippen LogP contribution in [-0.2, 0) is 9.59 Å². The van der Waals surface area contributed by atoms with E-state index in [4.69, 9.17) is 0 Å². The van der Waals surface area contributed by atoms with Crippen LogP contribution in [0.25, 0.3) is 0 Å². The Labute approximate surface area is 135 Å². The molecule has 1 atom stereocenters. The van der Waals surface area contributed by atoms with Crippen LogP contribution >= 0.6 is 0 Å². The monoisotopic (exact) mass is 311 g/mol. The first kappa shape index (κ1) is 19.0. The molecule has 0 aliphatic carbocycles. The number of aliphatic carboxylic acids is 1. The third-order valence-corrected chi connectivity index (χ3v) is 4.60. The molecule has 4 nitrogen and oxygen atoms in total. The Bertz CT molecular complexity index is 330. The number of carbonyl (C=O) groups excluding carboxylic acids is 1. The molecule has 1 saturated heterocycles. The Kier molecular flexibility index (Phi) is 9.93. The first-order chi connectivity index (χ1) is 10.7. The van der Waals surface area contributed by atoms with Crippen LogP contribution in [0, 0.1) is 0 Å². The van der Waals surface area contributed by atoms with E-state index in [1.165, 1.54) is 44.9 Å². The fourth-order valence-electron chi connectivity index (χ4n) is 3.22. The van der Waals surface area contributed by atoms with Crippen molar-refractivity contribution in [1.82, 2.24) is 4.90 Å². The molecule has 1 unspecified atom stereocenters. The predicted octanol–water partition coefficient (Wildman–Crippen LogP) is 4.37. The second-order valence-electron chi connectivity index (χ2n) is 6.52. The summed E-state index contributed by atoms with van der Waals surface area (Å²) >= 11 is 0. The van der Waals surface area contributed by atoms with E-state index in [1.54, 1.807) is 4.90 Å². The fourth-order valence-corrected chi connectivity index (χ4v) is 3.22. The van der Waals surface area contributed by atoms with Crippen LogP contribution in [0.4, 0.5) is 0 Å². The number of nitrogens with zero attached hydrogens (tertiary/aromatic N) is 1. The van der Waals surface area contributed by atoms with Gasteiger partial charge in [-0.3, -0.25) is 4.79 Å². The molecule has 1 rings (SSSR count). The van der Waals surface area contributed by atoms with Crippen molar-refractivity contribution in [2.75, 3.05) is 6.54 Å². The highest BCUT2D eigenvalue weighted by atomic mass is 16.4. The van der Waals surface area contributed by atoms with Gasteiger partial charge in [0.15, 0.2) is 0 Å². The van der Waals surface area contributed by atoms with E-state index >= 15 is 0 Å². The van der Waals surface area contributed by atoms with Gasteiger partial charge in [-0.2, -0.15) is 0 Å². The number of rotatable bonds is 11. The second-order valence-corrected chi connectivity index (χ2v) is 6.52. The van der Waals surface area contributed by atoms with Gasteiger partial charge in [0.05, 0.1) is 0 Å². The zero-order valence-electron chi connectivity index (χ0n) is 14.2. The van der Waals surface area contributed by atoms with Crippen molar-refractivity contribution in [3.63, 3.8) is 0 Å². The summed E-state index contributed by atoms with van der Waals surface area (Å²) in [5.41, 5.74) is 0. The summed E-state index contributed by atoms with van der Waals surface area (Å²) in [5.74, 6) is -0.810. The topological polar surface area (TPSA) is 57.6 Å². The second kappa shape index (κ2) is 11.5. The standard InChI is InChI=1S/C18H33NO3/c1-2-3-4-5-6-7-8-9-10-14-17(20)19-15-12-11-13-16(19)18(21)22/h16H,2-15H2,1H3,(H,21,22). The molecule has 1 aliphatic rings. The minimum absolute atomic E-state index is 0.0371. The Hall–Kier alpha value is -1.06. The maximum absolute atomic E-state index is 12.2. The van der Waals surface area contributed by atoms with E-state index in [0.29, 0.717) is 19.4 Å². The number of carboxylic acid groups (broad SMARTS) is 1. The zero-order valence-corrected chi connectivity index (χ0v) is 14.2. The normalized spacial score (nSPS) is 18.4. The Morgan fingerprint density at radius 3 is 2.14 bits per heavy atom. The van der Waals surface area contributed by atoms with Crippen molar-refractivity contribution in [2.45, 2.75) is 96.4 Å². The Morgan fingerprint density at radius 1 is 0.955 bits per heavy atom. The van der Waals surface area contributed by atoms with Crippen LogP contribution in [0.1, 0.15) is 90.4 Å². The first-order valence-electron chi connectivity index (χ1n) is 9.19. The fraction of sp³-hybridized carbons (Fsp3) is 0.889. The van der Waals surface area contributed by atoms with Crippen molar-refractivity contribution in [1.29, 1.82) is 0 Å². The quantitative estimate of drug-likeness (QED) is 0.576. The van der Waals surface area contributed by atoms with E-state index in [9.17, 15) is 14.7 Å². The van der Waals surface area contributed by atoms with Gasteiger partial charge in [0.2, 0.25) is 5.91 Å². The molecule has 128 valence electrons. The van der Waals surface area contributed by atoms with E-state index < -0.39 is 12.0 Å². The molecular formula is C18H33NO3. The molecule has 22 heavy (non-hydrogen) atoms. The van der Waals surface area contributed by atoms with E-state index in [-0.39, 0.29) is 5.91 Å². The van der Waals surface area contributed by atoms with Gasteiger partial charge in [0.25, 0.3) is 0 Å². The Morgan fingerprint density at radius 2 is 1.55 bits per heavy atom. The maximum atomic E-state index is 12.2. The van der Waals surface area contributed by atoms with Crippen molar-refractivity contribution in [3.05, 3.63) is 0 Å². The lowest BCUT2D eigenvalue weighted by atomic mass is 10.0. The van der Waals surface area contributed by atoms with Gasteiger partial charge in [0, 0.05) is 13.0 Å². The lowest BCUT2D eigenvalue weighted by Crippen LogP contribution is -2.47. The van der Waals surface area contributed by atoms with Crippen LogP contribution in [0.5, 0.6) is 0 Å². The van der Waals surface area contributed by atoms with Crippen LogP contribution in [-0.4, -0.2) is 34.5 Å². The first-order valence-corrected chi connectivity index (χ1v) is 9.19. The van der Waals surface area contributed by atoms with Gasteiger partial charge in [0.1, 0.15) is 6.04 Å². The Balaban J connectivity index is 2.08. The van der Waals surface area contributed by atoms with Gasteiger partial charge in [-0.05, 0) is 25.7 Å². The number of amides is 1. The molecule has 0 bridgehead atoms. The lowest BCUT2D eigenvalue weighted by Gasteiger charge is -2.33. The van der Waals surface area contributed by atoms with Crippen LogP contribution < -0.4 is 0 Å². The minimum Gasteiger partial charge on any atom is -0.480 e. The zero-order chi connectivity index (χ0) is 16.2. The largest absolute Gasteiger partial charge is 0.480 e. The number of carboxylic acids is 1.